The molecule has 2 fully saturated rings. The maximum atomic E-state index is 13.8. The Labute approximate surface area is 228 Å². The van der Waals surface area contributed by atoms with Crippen LogP contribution in [0.5, 0.6) is 5.75 Å². The molecule has 1 aromatic carbocycles. The van der Waals surface area contributed by atoms with Crippen LogP contribution < -0.4 is 0 Å². The SMILES string of the molecule is CCC(CC)C[C@H]1C[C@@]2(C)CN(CC(=O)c3cc(C(C)(C)C)c(O)c(C(C)(C)C)c3)/C(=N\Br)[C@@]2(C)C1. The van der Waals surface area contributed by atoms with Crippen LogP contribution in [0, 0.1) is 22.7 Å². The number of ketones is 1. The molecule has 0 aromatic heterocycles. The molecular weight excluding hydrogens is 512 g/mol. The van der Waals surface area contributed by atoms with Crippen molar-refractivity contribution in [2.24, 2.45) is 26.7 Å². The predicted molar refractivity (Wildman–Crippen MR) is 155 cm³/mol. The quantitative estimate of drug-likeness (QED) is 0.340. The average molecular weight is 562 g/mol. The standard InChI is InChI=1S/C31H49BrN2O2/c1-11-20(12-2)13-21-16-30(9)19-34(27(33-32)31(30,10)17-21)18-25(35)22-14-23(28(3,4)5)26(36)24(15-22)29(6,7)8/h14-15,20-21,36H,11-13,16-19H2,1-10H3/b33-27-/t21-,30-,31+/m0/s1. The first-order valence-corrected chi connectivity index (χ1v) is 14.6. The maximum absolute atomic E-state index is 13.8. The maximum Gasteiger partial charge on any atom is 0.182 e. The van der Waals surface area contributed by atoms with Crippen molar-refractivity contribution >= 4 is 27.8 Å². The zero-order valence-electron chi connectivity index (χ0n) is 24.4. The van der Waals surface area contributed by atoms with E-state index in [1.54, 1.807) is 0 Å². The van der Waals surface area contributed by atoms with Crippen LogP contribution in [0.25, 0.3) is 0 Å². The van der Waals surface area contributed by atoms with Crippen molar-refractivity contribution in [3.63, 3.8) is 0 Å². The van der Waals surface area contributed by atoms with Crippen molar-refractivity contribution in [1.82, 2.24) is 4.90 Å². The van der Waals surface area contributed by atoms with Crippen LogP contribution in [-0.4, -0.2) is 34.7 Å². The third-order valence-electron chi connectivity index (χ3n) is 9.38. The number of carbonyl (C=O) groups is 1. The lowest BCUT2D eigenvalue weighted by atomic mass is 9.70. The predicted octanol–water partition coefficient (Wildman–Crippen LogP) is 8.44. The minimum absolute atomic E-state index is 0.0322. The summed E-state index contributed by atoms with van der Waals surface area (Å²) >= 11 is 3.44. The van der Waals surface area contributed by atoms with Crippen LogP contribution in [0.4, 0.5) is 0 Å². The molecule has 1 aromatic rings. The molecule has 0 spiro atoms. The van der Waals surface area contributed by atoms with E-state index in [2.05, 4.69) is 94.3 Å². The molecule has 1 saturated carbocycles. The number of phenolic OH excluding ortho intramolecular Hbond substituents is 1. The van der Waals surface area contributed by atoms with E-state index in [1.807, 2.05) is 12.1 Å². The van der Waals surface area contributed by atoms with Gasteiger partial charge in [-0.15, -0.1) is 0 Å². The molecule has 0 unspecified atom stereocenters. The van der Waals surface area contributed by atoms with Crippen molar-refractivity contribution in [2.75, 3.05) is 13.1 Å². The fourth-order valence-electron chi connectivity index (χ4n) is 6.94. The Hall–Kier alpha value is -1.36. The number of amidine groups is 1. The Morgan fingerprint density at radius 2 is 1.61 bits per heavy atom. The molecule has 5 heteroatoms. The van der Waals surface area contributed by atoms with Gasteiger partial charge in [0.1, 0.15) is 11.6 Å². The molecule has 1 aliphatic heterocycles. The van der Waals surface area contributed by atoms with E-state index in [1.165, 1.54) is 25.7 Å². The lowest BCUT2D eigenvalue weighted by Crippen LogP contribution is -2.37. The molecule has 202 valence electrons. The number of likely N-dealkylation sites (tertiary alicyclic amines) is 1. The van der Waals surface area contributed by atoms with Crippen LogP contribution in [-0.2, 0) is 10.8 Å². The van der Waals surface area contributed by atoms with E-state index in [0.717, 1.165) is 35.8 Å². The molecule has 1 aliphatic carbocycles. The van der Waals surface area contributed by atoms with Crippen molar-refractivity contribution < 1.29 is 9.90 Å². The van der Waals surface area contributed by atoms with E-state index in [4.69, 9.17) is 0 Å². The van der Waals surface area contributed by atoms with Crippen molar-refractivity contribution in [3.05, 3.63) is 28.8 Å². The number of aromatic hydroxyl groups is 1. The van der Waals surface area contributed by atoms with Crippen molar-refractivity contribution in [1.29, 1.82) is 0 Å². The van der Waals surface area contributed by atoms with Gasteiger partial charge < -0.3 is 10.0 Å². The number of hydrogen-bond acceptors (Lipinski definition) is 3. The first kappa shape index (κ1) is 29.2. The number of rotatable bonds is 7. The molecule has 1 heterocycles. The van der Waals surface area contributed by atoms with Gasteiger partial charge in [-0.1, -0.05) is 82.1 Å². The summed E-state index contributed by atoms with van der Waals surface area (Å²) in [5, 5.41) is 11.1. The molecule has 4 nitrogen and oxygen atoms in total. The Balaban J connectivity index is 1.89. The molecule has 3 atom stereocenters. The van der Waals surface area contributed by atoms with Gasteiger partial charge in [0.25, 0.3) is 0 Å². The van der Waals surface area contributed by atoms with Crippen molar-refractivity contribution in [3.8, 4) is 5.75 Å². The number of halogens is 1. The molecule has 1 N–H and O–H groups in total. The van der Waals surface area contributed by atoms with Crippen LogP contribution in [0.3, 0.4) is 0 Å². The topological polar surface area (TPSA) is 52.9 Å². The second kappa shape index (κ2) is 10.1. The van der Waals surface area contributed by atoms with Crippen LogP contribution in [0.2, 0.25) is 0 Å². The molecule has 3 rings (SSSR count). The first-order chi connectivity index (χ1) is 16.5. The summed E-state index contributed by atoms with van der Waals surface area (Å²) in [7, 11) is 0. The van der Waals surface area contributed by atoms with Gasteiger partial charge in [-0.2, -0.15) is 4.02 Å². The van der Waals surface area contributed by atoms with Gasteiger partial charge in [-0.05, 0) is 59.5 Å². The third-order valence-corrected chi connectivity index (χ3v) is 9.72. The van der Waals surface area contributed by atoms with Gasteiger partial charge >= 0.3 is 0 Å². The molecule has 0 amide bonds. The summed E-state index contributed by atoms with van der Waals surface area (Å²) in [6, 6.07) is 3.81. The third kappa shape index (κ3) is 5.28. The first-order valence-electron chi connectivity index (χ1n) is 13.9. The summed E-state index contributed by atoms with van der Waals surface area (Å²) in [5.41, 5.74) is 1.88. The van der Waals surface area contributed by atoms with Gasteiger partial charge in [-0.25, -0.2) is 0 Å². The van der Waals surface area contributed by atoms with Gasteiger partial charge in [0.05, 0.1) is 22.7 Å². The Kier molecular flexibility index (Phi) is 8.17. The Morgan fingerprint density at radius 3 is 2.06 bits per heavy atom. The fourth-order valence-corrected chi connectivity index (χ4v) is 7.56. The van der Waals surface area contributed by atoms with E-state index in [-0.39, 0.29) is 27.4 Å². The highest BCUT2D eigenvalue weighted by Gasteiger charge is 2.61. The highest BCUT2D eigenvalue weighted by Crippen LogP contribution is 2.61. The van der Waals surface area contributed by atoms with Gasteiger partial charge in [-0.3, -0.25) is 4.79 Å². The number of benzene rings is 1. The fraction of sp³-hybridized carbons (Fsp3) is 0.742. The van der Waals surface area contributed by atoms with Crippen LogP contribution >= 0.6 is 16.1 Å². The smallest absolute Gasteiger partial charge is 0.182 e. The number of carbonyl (C=O) groups excluding carboxylic acids is 1. The number of hydrogen-bond donors (Lipinski definition) is 1. The molecule has 0 bridgehead atoms. The monoisotopic (exact) mass is 560 g/mol. The lowest BCUT2D eigenvalue weighted by Gasteiger charge is -2.32. The highest BCUT2D eigenvalue weighted by molar-refractivity contribution is 9.08. The van der Waals surface area contributed by atoms with Crippen LogP contribution in [0.15, 0.2) is 16.2 Å². The van der Waals surface area contributed by atoms with Gasteiger partial charge in [0.15, 0.2) is 5.78 Å². The zero-order valence-corrected chi connectivity index (χ0v) is 26.0. The minimum atomic E-state index is -0.266. The molecular formula is C31H49BrN2O2. The van der Waals surface area contributed by atoms with Gasteiger partial charge in [0, 0.05) is 28.7 Å². The molecule has 36 heavy (non-hydrogen) atoms. The molecule has 2 aliphatic rings. The Bertz CT molecular complexity index is 979. The summed E-state index contributed by atoms with van der Waals surface area (Å²) in [4.78, 5) is 16.0. The number of nitrogens with zero attached hydrogens (tertiary/aromatic N) is 2. The second-order valence-electron chi connectivity index (χ2n) is 14.2. The summed E-state index contributed by atoms with van der Waals surface area (Å²) in [6.45, 7) is 23.1. The Morgan fingerprint density at radius 1 is 1.08 bits per heavy atom. The second-order valence-corrected chi connectivity index (χ2v) is 14.5. The van der Waals surface area contributed by atoms with E-state index >= 15 is 0 Å². The number of fused-ring (bicyclic) bond motifs is 1. The lowest BCUT2D eigenvalue weighted by molar-refractivity contribution is 0.0955. The van der Waals surface area contributed by atoms with E-state index < -0.39 is 0 Å². The van der Waals surface area contributed by atoms with Gasteiger partial charge in [0.2, 0.25) is 0 Å². The molecule has 1 saturated heterocycles. The summed E-state index contributed by atoms with van der Waals surface area (Å²) in [5.74, 6) is 2.93. The average Bonchev–Trinajstić information content (AvgIpc) is 3.11. The molecule has 0 radical (unpaired) electrons. The van der Waals surface area contributed by atoms with E-state index in [9.17, 15) is 9.90 Å². The van der Waals surface area contributed by atoms with E-state index in [0.29, 0.717) is 23.8 Å². The van der Waals surface area contributed by atoms with Crippen LogP contribution in [0.1, 0.15) is 123 Å². The minimum Gasteiger partial charge on any atom is -0.507 e. The number of phenols is 1. The normalized spacial score (nSPS) is 27.8. The summed E-state index contributed by atoms with van der Waals surface area (Å²) < 4.78 is 4.62. The largest absolute Gasteiger partial charge is 0.507 e. The van der Waals surface area contributed by atoms with Crippen molar-refractivity contribution in [2.45, 2.75) is 112 Å². The highest BCUT2D eigenvalue weighted by atomic mass is 79.9. The number of Topliss-reactive ketones (excluding diaryl/α,β-unsaturated/α-hetero) is 1. The zero-order chi connectivity index (χ0) is 27.3. The summed E-state index contributed by atoms with van der Waals surface area (Å²) in [6.07, 6.45) is 6.13.